The van der Waals surface area contributed by atoms with Gasteiger partial charge in [-0.15, -0.1) is 0 Å². The zero-order valence-corrected chi connectivity index (χ0v) is 10.1. The van der Waals surface area contributed by atoms with E-state index in [-0.39, 0.29) is 17.9 Å². The Balaban J connectivity index is 1.89. The van der Waals surface area contributed by atoms with Gasteiger partial charge in [0.1, 0.15) is 0 Å². The number of nitrogens with one attached hydrogen (secondary N) is 1. The predicted octanol–water partition coefficient (Wildman–Crippen LogP) is 1.88. The van der Waals surface area contributed by atoms with Crippen molar-refractivity contribution in [3.8, 4) is 0 Å². The van der Waals surface area contributed by atoms with Gasteiger partial charge in [-0.05, 0) is 35.2 Å². The lowest BCUT2D eigenvalue weighted by Crippen LogP contribution is -2.44. The second kappa shape index (κ2) is 5.46. The summed E-state index contributed by atoms with van der Waals surface area (Å²) in [5.41, 5.74) is 6.72. The molecule has 3 N–H and O–H groups in total. The number of carbonyl (C=O) groups excluding carboxylic acids is 1. The van der Waals surface area contributed by atoms with Crippen molar-refractivity contribution >= 4 is 17.2 Å². The standard InChI is InChI=1S/C12H18N2OS/c13-12(15)10-3-1-2-4-11(10)14-7-9-5-6-16-8-9/h5-6,8,10-11,14H,1-4,7H2,(H2,13,15)/t10-,11-/m0/s1. The van der Waals surface area contributed by atoms with Crippen LogP contribution in [0.1, 0.15) is 31.2 Å². The Morgan fingerprint density at radius 1 is 1.50 bits per heavy atom. The van der Waals surface area contributed by atoms with E-state index in [1.54, 1.807) is 11.3 Å². The minimum absolute atomic E-state index is 0.0207. The van der Waals surface area contributed by atoms with Gasteiger partial charge in [-0.1, -0.05) is 12.8 Å². The van der Waals surface area contributed by atoms with Gasteiger partial charge in [0.05, 0.1) is 5.92 Å². The zero-order chi connectivity index (χ0) is 11.4. The van der Waals surface area contributed by atoms with E-state index in [4.69, 9.17) is 5.73 Å². The van der Waals surface area contributed by atoms with Crippen molar-refractivity contribution < 1.29 is 4.79 Å². The highest BCUT2D eigenvalue weighted by Gasteiger charge is 2.28. The highest BCUT2D eigenvalue weighted by atomic mass is 32.1. The molecule has 0 aliphatic heterocycles. The van der Waals surface area contributed by atoms with Gasteiger partial charge in [0.15, 0.2) is 0 Å². The first kappa shape index (κ1) is 11.6. The van der Waals surface area contributed by atoms with Gasteiger partial charge >= 0.3 is 0 Å². The first-order valence-corrected chi connectivity index (χ1v) is 6.75. The highest BCUT2D eigenvalue weighted by molar-refractivity contribution is 7.07. The second-order valence-corrected chi connectivity index (χ2v) is 5.19. The molecule has 0 saturated heterocycles. The minimum atomic E-state index is -0.150. The fraction of sp³-hybridized carbons (Fsp3) is 0.583. The van der Waals surface area contributed by atoms with E-state index >= 15 is 0 Å². The number of carbonyl (C=O) groups is 1. The molecule has 2 atom stereocenters. The van der Waals surface area contributed by atoms with Crippen molar-refractivity contribution in [3.05, 3.63) is 22.4 Å². The van der Waals surface area contributed by atoms with Crippen molar-refractivity contribution in [3.63, 3.8) is 0 Å². The van der Waals surface area contributed by atoms with Crippen molar-refractivity contribution in [1.29, 1.82) is 0 Å². The quantitative estimate of drug-likeness (QED) is 0.841. The fourth-order valence-corrected chi connectivity index (χ4v) is 3.03. The molecule has 1 aliphatic rings. The third kappa shape index (κ3) is 2.83. The highest BCUT2D eigenvalue weighted by Crippen LogP contribution is 2.24. The molecule has 0 bridgehead atoms. The molecule has 1 aromatic rings. The molecule has 16 heavy (non-hydrogen) atoms. The Morgan fingerprint density at radius 3 is 3.00 bits per heavy atom. The predicted molar refractivity (Wildman–Crippen MR) is 66.1 cm³/mol. The molecule has 1 amide bonds. The summed E-state index contributed by atoms with van der Waals surface area (Å²) in [6.45, 7) is 0.845. The van der Waals surface area contributed by atoms with E-state index in [0.29, 0.717) is 0 Å². The monoisotopic (exact) mass is 238 g/mol. The number of rotatable bonds is 4. The Bertz CT molecular complexity index is 337. The molecule has 0 radical (unpaired) electrons. The summed E-state index contributed by atoms with van der Waals surface area (Å²) < 4.78 is 0. The van der Waals surface area contributed by atoms with Gasteiger partial charge in [-0.25, -0.2) is 0 Å². The Labute approximate surface area is 100 Å². The third-order valence-corrected chi connectivity index (χ3v) is 4.01. The Hall–Kier alpha value is -0.870. The fourth-order valence-electron chi connectivity index (χ4n) is 2.36. The van der Waals surface area contributed by atoms with E-state index < -0.39 is 0 Å². The van der Waals surface area contributed by atoms with Crippen molar-refractivity contribution in [1.82, 2.24) is 5.32 Å². The average Bonchev–Trinajstić information content (AvgIpc) is 2.79. The lowest BCUT2D eigenvalue weighted by atomic mass is 9.84. The molecule has 88 valence electrons. The molecule has 0 unspecified atom stereocenters. The normalized spacial score (nSPS) is 25.5. The maximum Gasteiger partial charge on any atom is 0.222 e. The van der Waals surface area contributed by atoms with Crippen LogP contribution in [0.5, 0.6) is 0 Å². The van der Waals surface area contributed by atoms with Crippen LogP contribution >= 0.6 is 11.3 Å². The number of nitrogens with two attached hydrogens (primary N) is 1. The lowest BCUT2D eigenvalue weighted by Gasteiger charge is -2.30. The largest absolute Gasteiger partial charge is 0.369 e. The first-order chi connectivity index (χ1) is 7.77. The van der Waals surface area contributed by atoms with Crippen LogP contribution in [0.3, 0.4) is 0 Å². The molecule has 1 aliphatic carbocycles. The van der Waals surface area contributed by atoms with Crippen LogP contribution in [0.25, 0.3) is 0 Å². The van der Waals surface area contributed by atoms with E-state index in [1.165, 1.54) is 12.0 Å². The summed E-state index contributed by atoms with van der Waals surface area (Å²) in [5.74, 6) is -0.130. The molecular weight excluding hydrogens is 220 g/mol. The molecule has 1 heterocycles. The third-order valence-electron chi connectivity index (χ3n) is 3.28. The maximum absolute atomic E-state index is 11.3. The minimum Gasteiger partial charge on any atom is -0.369 e. The van der Waals surface area contributed by atoms with Crippen molar-refractivity contribution in [2.75, 3.05) is 0 Å². The summed E-state index contributed by atoms with van der Waals surface area (Å²) in [6.07, 6.45) is 4.34. The zero-order valence-electron chi connectivity index (χ0n) is 9.32. The van der Waals surface area contributed by atoms with Gasteiger partial charge in [0.2, 0.25) is 5.91 Å². The van der Waals surface area contributed by atoms with Crippen LogP contribution in [-0.4, -0.2) is 11.9 Å². The smallest absolute Gasteiger partial charge is 0.222 e. The van der Waals surface area contributed by atoms with Gasteiger partial charge in [-0.2, -0.15) is 11.3 Å². The Kier molecular flexibility index (Phi) is 3.96. The van der Waals surface area contributed by atoms with E-state index in [0.717, 1.165) is 25.8 Å². The van der Waals surface area contributed by atoms with Crippen LogP contribution in [-0.2, 0) is 11.3 Å². The van der Waals surface area contributed by atoms with Crippen LogP contribution in [0.4, 0.5) is 0 Å². The summed E-state index contributed by atoms with van der Waals surface area (Å²) in [7, 11) is 0. The first-order valence-electron chi connectivity index (χ1n) is 5.81. The van der Waals surface area contributed by atoms with Crippen LogP contribution in [0, 0.1) is 5.92 Å². The molecule has 0 aromatic carbocycles. The molecule has 0 spiro atoms. The maximum atomic E-state index is 11.3. The number of hydrogen-bond donors (Lipinski definition) is 2. The molecule has 4 heteroatoms. The molecule has 1 aromatic heterocycles. The number of primary amides is 1. The second-order valence-electron chi connectivity index (χ2n) is 4.41. The topological polar surface area (TPSA) is 55.1 Å². The van der Waals surface area contributed by atoms with Gasteiger partial charge in [0, 0.05) is 12.6 Å². The van der Waals surface area contributed by atoms with Crippen LogP contribution < -0.4 is 11.1 Å². The molecule has 2 rings (SSSR count). The lowest BCUT2D eigenvalue weighted by molar-refractivity contribution is -0.123. The summed E-state index contributed by atoms with van der Waals surface area (Å²) >= 11 is 1.70. The summed E-state index contributed by atoms with van der Waals surface area (Å²) in [5, 5.41) is 7.67. The number of amides is 1. The molecule has 1 fully saturated rings. The van der Waals surface area contributed by atoms with E-state index in [1.807, 2.05) is 0 Å². The van der Waals surface area contributed by atoms with Gasteiger partial charge < -0.3 is 11.1 Å². The van der Waals surface area contributed by atoms with Crippen LogP contribution in [0.15, 0.2) is 16.8 Å². The summed E-state index contributed by atoms with van der Waals surface area (Å²) in [4.78, 5) is 11.3. The van der Waals surface area contributed by atoms with Crippen molar-refractivity contribution in [2.24, 2.45) is 11.7 Å². The van der Waals surface area contributed by atoms with Crippen LogP contribution in [0.2, 0.25) is 0 Å². The average molecular weight is 238 g/mol. The Morgan fingerprint density at radius 2 is 2.31 bits per heavy atom. The SMILES string of the molecule is NC(=O)[C@H]1CCCC[C@@H]1NCc1ccsc1. The van der Waals surface area contributed by atoms with Gasteiger partial charge in [-0.3, -0.25) is 4.79 Å². The van der Waals surface area contributed by atoms with E-state index in [9.17, 15) is 4.79 Å². The number of thiophene rings is 1. The van der Waals surface area contributed by atoms with E-state index in [2.05, 4.69) is 22.1 Å². The molecular formula is C12H18N2OS. The summed E-state index contributed by atoms with van der Waals surface area (Å²) in [6, 6.07) is 2.38. The molecule has 1 saturated carbocycles. The van der Waals surface area contributed by atoms with Crippen molar-refractivity contribution in [2.45, 2.75) is 38.3 Å². The molecule has 3 nitrogen and oxygen atoms in total. The van der Waals surface area contributed by atoms with Gasteiger partial charge in [0.25, 0.3) is 0 Å². The number of hydrogen-bond acceptors (Lipinski definition) is 3.